The summed E-state index contributed by atoms with van der Waals surface area (Å²) in [6, 6.07) is 11.9. The Morgan fingerprint density at radius 3 is 2.51 bits per heavy atom. The number of aromatic nitrogens is 1. The first-order valence-corrected chi connectivity index (χ1v) is 22.1. The molecule has 1 spiro atoms. The van der Waals surface area contributed by atoms with E-state index in [2.05, 4.69) is 58.6 Å². The third-order valence-corrected chi connectivity index (χ3v) is 11.7. The molecule has 6 rings (SSSR count). The quantitative estimate of drug-likeness (QED) is 0.0650. The van der Waals surface area contributed by atoms with Gasteiger partial charge in [-0.05, 0) is 74.4 Å². The van der Waals surface area contributed by atoms with E-state index in [0.717, 1.165) is 55.9 Å². The van der Waals surface area contributed by atoms with Crippen molar-refractivity contribution in [2.75, 3.05) is 77.6 Å². The smallest absolute Gasteiger partial charge is 0.394 e. The number of anilines is 1. The molecule has 17 nitrogen and oxygen atoms in total. The van der Waals surface area contributed by atoms with Crippen molar-refractivity contribution in [3.63, 3.8) is 0 Å². The summed E-state index contributed by atoms with van der Waals surface area (Å²) in [6.07, 6.45) is 4.68. The minimum atomic E-state index is -4.67. The normalized spacial score (nSPS) is 17.1. The lowest BCUT2D eigenvalue weighted by Gasteiger charge is -2.47. The van der Waals surface area contributed by atoms with Crippen molar-refractivity contribution in [2.45, 2.75) is 63.9 Å². The van der Waals surface area contributed by atoms with Crippen LogP contribution >= 0.6 is 11.3 Å². The number of hydrogen-bond acceptors (Lipinski definition) is 13. The van der Waals surface area contributed by atoms with Crippen LogP contribution in [0, 0.1) is 5.92 Å². The molecule has 19 heteroatoms. The highest BCUT2D eigenvalue weighted by molar-refractivity contribution is 7.79. The van der Waals surface area contributed by atoms with Crippen LogP contribution in [0.25, 0.3) is 0 Å². The highest BCUT2D eigenvalue weighted by Gasteiger charge is 2.41. The zero-order valence-corrected chi connectivity index (χ0v) is 35.2. The van der Waals surface area contributed by atoms with Crippen molar-refractivity contribution in [2.24, 2.45) is 11.7 Å². The van der Waals surface area contributed by atoms with Gasteiger partial charge in [0.1, 0.15) is 17.1 Å². The van der Waals surface area contributed by atoms with Gasteiger partial charge in [0.15, 0.2) is 12.4 Å². The van der Waals surface area contributed by atoms with Gasteiger partial charge in [-0.15, -0.1) is 11.3 Å². The minimum absolute atomic E-state index is 0.0161. The van der Waals surface area contributed by atoms with Crippen molar-refractivity contribution in [3.8, 4) is 11.5 Å². The number of nitrogens with zero attached hydrogens (tertiary/aromatic N) is 3. The molecule has 3 aromatic rings. The summed E-state index contributed by atoms with van der Waals surface area (Å²) in [5.41, 5.74) is 9.63. The van der Waals surface area contributed by atoms with E-state index in [1.165, 1.54) is 11.1 Å². The van der Waals surface area contributed by atoms with Crippen LogP contribution in [0.3, 0.4) is 0 Å². The van der Waals surface area contributed by atoms with Crippen molar-refractivity contribution >= 4 is 45.1 Å². The number of nitrogens with two attached hydrogens (primary N) is 1. The number of phenols is 1. The lowest BCUT2D eigenvalue weighted by Crippen LogP contribution is -2.58. The van der Waals surface area contributed by atoms with E-state index in [4.69, 9.17) is 37.5 Å². The van der Waals surface area contributed by atoms with E-state index in [-0.39, 0.29) is 42.3 Å². The Morgan fingerprint density at radius 2 is 1.81 bits per heavy atom. The second-order valence-corrected chi connectivity index (χ2v) is 17.1. The highest BCUT2D eigenvalue weighted by atomic mass is 32.3. The number of ether oxygens (including phenoxy) is 3. The Bertz CT molecular complexity index is 1990. The fourth-order valence-electron chi connectivity index (χ4n) is 7.30. The third-order valence-electron chi connectivity index (χ3n) is 10.6. The number of benzene rings is 2. The number of hydrogen-bond donors (Lipinski definition) is 6. The van der Waals surface area contributed by atoms with E-state index in [9.17, 15) is 19.5 Å². The molecule has 2 aromatic carbocycles. The Kier molecular flexibility index (Phi) is 16.6. The zero-order valence-electron chi connectivity index (χ0n) is 33.6. The standard InChI is InChI=1S/C40H54N6O7S.H2O4S/c1-27(2)38-43-32(25-54-38)39(50)46-19-21-53-40(26-46)12-17-45(18-13-40)16-10-28-4-3-5-29(22-28)11-20-51-23-31(37(41)49)9-15-42-14-8-30-6-7-33(47)35-36(30)52-24-34(48)44-35;1-5(2,3)4/h3-7,22,25,27,31,42,47H,8-21,23-24,26H2,1-2H3,(H2,41,49)(H,44,48);(H2,1,2,3,4). The number of aromatic hydroxyl groups is 1. The lowest BCUT2D eigenvalue weighted by molar-refractivity contribution is -0.127. The van der Waals surface area contributed by atoms with Gasteiger partial charge in [0.25, 0.3) is 11.8 Å². The predicted molar refractivity (Wildman–Crippen MR) is 221 cm³/mol. The fourth-order valence-corrected chi connectivity index (χ4v) is 8.11. The number of carbonyl (C=O) groups is 3. The number of thiazole rings is 1. The van der Waals surface area contributed by atoms with Gasteiger partial charge in [-0.2, -0.15) is 8.42 Å². The minimum Gasteiger partial charge on any atom is -0.506 e. The van der Waals surface area contributed by atoms with E-state index in [1.54, 1.807) is 23.5 Å². The average Bonchev–Trinajstić information content (AvgIpc) is 3.70. The van der Waals surface area contributed by atoms with E-state index in [0.29, 0.717) is 75.3 Å². The van der Waals surface area contributed by atoms with Gasteiger partial charge in [0.2, 0.25) is 5.91 Å². The first-order valence-electron chi connectivity index (χ1n) is 19.8. The molecular formula is C40H56N6O11S2. The average molecular weight is 861 g/mol. The Hall–Kier alpha value is -4.21. The molecule has 3 aliphatic rings. The van der Waals surface area contributed by atoms with E-state index >= 15 is 0 Å². The Morgan fingerprint density at radius 1 is 1.08 bits per heavy atom. The molecule has 1 atom stereocenters. The number of phenolic OH excluding ortho intramolecular Hbond substituents is 1. The van der Waals surface area contributed by atoms with Crippen LogP contribution in [0.1, 0.15) is 71.2 Å². The molecule has 3 aliphatic heterocycles. The number of carbonyl (C=O) groups excluding carboxylic acids is 3. The number of likely N-dealkylation sites (tertiary alicyclic amines) is 1. The number of fused-ring (bicyclic) bond motifs is 1. The molecule has 3 amide bonds. The number of primary amides is 1. The summed E-state index contributed by atoms with van der Waals surface area (Å²) < 4.78 is 49.4. The maximum absolute atomic E-state index is 13.3. The van der Waals surface area contributed by atoms with Crippen LogP contribution in [0.5, 0.6) is 11.5 Å². The number of rotatable bonds is 17. The molecule has 4 heterocycles. The van der Waals surface area contributed by atoms with Crippen LogP contribution in [0.4, 0.5) is 5.69 Å². The first kappa shape index (κ1) is 45.9. The zero-order chi connectivity index (χ0) is 42.6. The topological polar surface area (TPSA) is 243 Å². The van der Waals surface area contributed by atoms with Gasteiger partial charge < -0.3 is 45.5 Å². The van der Waals surface area contributed by atoms with Crippen molar-refractivity contribution in [1.29, 1.82) is 0 Å². The molecule has 59 heavy (non-hydrogen) atoms. The van der Waals surface area contributed by atoms with Crippen LogP contribution < -0.4 is 21.1 Å². The summed E-state index contributed by atoms with van der Waals surface area (Å²) in [5, 5.41) is 18.9. The van der Waals surface area contributed by atoms with E-state index < -0.39 is 16.3 Å². The number of nitrogens with one attached hydrogen (secondary N) is 2. The van der Waals surface area contributed by atoms with Gasteiger partial charge in [0.05, 0.1) is 42.9 Å². The summed E-state index contributed by atoms with van der Waals surface area (Å²) in [5.74, 6) is -0.278. The van der Waals surface area contributed by atoms with Crippen LogP contribution in [-0.4, -0.2) is 133 Å². The molecule has 0 bridgehead atoms. The van der Waals surface area contributed by atoms with Crippen molar-refractivity contribution in [3.05, 3.63) is 69.2 Å². The van der Waals surface area contributed by atoms with Gasteiger partial charge >= 0.3 is 10.4 Å². The Labute approximate surface area is 349 Å². The van der Waals surface area contributed by atoms with Gasteiger partial charge in [-0.3, -0.25) is 23.5 Å². The maximum atomic E-state index is 13.3. The number of amides is 3. The molecule has 2 saturated heterocycles. The summed E-state index contributed by atoms with van der Waals surface area (Å²) in [4.78, 5) is 46.0. The summed E-state index contributed by atoms with van der Waals surface area (Å²) >= 11 is 1.56. The summed E-state index contributed by atoms with van der Waals surface area (Å²) in [6.45, 7) is 10.7. The number of morpholine rings is 1. The molecule has 1 aromatic heterocycles. The highest BCUT2D eigenvalue weighted by Crippen LogP contribution is 2.39. The lowest BCUT2D eigenvalue weighted by atomic mass is 9.89. The molecule has 0 aliphatic carbocycles. The number of piperidine rings is 1. The van der Waals surface area contributed by atoms with Crippen LogP contribution in [0.15, 0.2) is 41.8 Å². The molecule has 324 valence electrons. The maximum Gasteiger partial charge on any atom is 0.394 e. The van der Waals surface area contributed by atoms with Crippen molar-refractivity contribution < 1.29 is 51.2 Å². The molecular weight excluding hydrogens is 805 g/mol. The molecule has 2 fully saturated rings. The van der Waals surface area contributed by atoms with Crippen molar-refractivity contribution in [1.82, 2.24) is 20.1 Å². The summed E-state index contributed by atoms with van der Waals surface area (Å²) in [7, 11) is -4.67. The molecule has 1 unspecified atom stereocenters. The van der Waals surface area contributed by atoms with Crippen LogP contribution in [0.2, 0.25) is 0 Å². The van der Waals surface area contributed by atoms with E-state index in [1.807, 2.05) is 10.3 Å². The third kappa shape index (κ3) is 14.2. The van der Waals surface area contributed by atoms with Gasteiger partial charge in [0, 0.05) is 37.5 Å². The first-order chi connectivity index (χ1) is 28.1. The van der Waals surface area contributed by atoms with Crippen LogP contribution in [-0.2, 0) is 48.7 Å². The van der Waals surface area contributed by atoms with Gasteiger partial charge in [-0.1, -0.05) is 44.2 Å². The largest absolute Gasteiger partial charge is 0.506 e. The predicted octanol–water partition coefficient (Wildman–Crippen LogP) is 3.08. The second kappa shape index (κ2) is 21.4. The Balaban J connectivity index is 0.00000125. The monoisotopic (exact) mass is 860 g/mol. The SMILES string of the molecule is CC(C)c1nc(C(=O)N2CCOC3(CCN(CCc4cccc(CCOCC(CCNCCc5ccc(O)c6c5OCC(=O)N6)C(N)=O)c4)CC3)C2)cs1.O=S(=O)(O)O. The molecule has 7 N–H and O–H groups in total. The molecule has 0 saturated carbocycles. The van der Waals surface area contributed by atoms with Gasteiger partial charge in [-0.25, -0.2) is 4.98 Å². The fraction of sp³-hybridized carbons (Fsp3) is 0.550. The second-order valence-electron chi connectivity index (χ2n) is 15.3. The molecule has 0 radical (unpaired) electrons.